The van der Waals surface area contributed by atoms with Gasteiger partial charge in [-0.05, 0) is 73.6 Å². The van der Waals surface area contributed by atoms with Crippen molar-refractivity contribution in [1.29, 1.82) is 0 Å². The highest BCUT2D eigenvalue weighted by Crippen LogP contribution is 2.45. The van der Waals surface area contributed by atoms with Crippen LogP contribution in [0.25, 0.3) is 10.8 Å². The topological polar surface area (TPSA) is 180 Å². The molecule has 4 aliphatic rings. The van der Waals surface area contributed by atoms with Crippen LogP contribution in [-0.2, 0) is 29.2 Å². The highest BCUT2D eigenvalue weighted by molar-refractivity contribution is 7.91. The van der Waals surface area contributed by atoms with E-state index < -0.39 is 73.9 Å². The van der Waals surface area contributed by atoms with Crippen LogP contribution in [0, 0.1) is 17.3 Å². The lowest BCUT2D eigenvalue weighted by Gasteiger charge is -2.35. The second-order valence-electron chi connectivity index (χ2n) is 15.7. The van der Waals surface area contributed by atoms with E-state index in [1.54, 1.807) is 6.07 Å². The van der Waals surface area contributed by atoms with Crippen molar-refractivity contribution in [3.8, 4) is 5.75 Å². The molecule has 0 spiro atoms. The van der Waals surface area contributed by atoms with Gasteiger partial charge in [-0.1, -0.05) is 57.2 Å². The number of rotatable bonds is 14. The van der Waals surface area contributed by atoms with Gasteiger partial charge in [0, 0.05) is 24.9 Å². The molecule has 0 unspecified atom stereocenters. The SMILES string of the molecule is C=C[C@H]1C[C@]1(NC(=O)[C@@H]1C[C@@H](NC(=O)c2c(OCC)ccc3ccccc23)CN1C(=O)[C@@H](NC(=O)CC1CC1)C(C)(C)C)C(=O)NS(=O)(=O)C1CC1. The van der Waals surface area contributed by atoms with Gasteiger partial charge in [0.05, 0.1) is 17.4 Å². The van der Waals surface area contributed by atoms with Gasteiger partial charge in [0.2, 0.25) is 27.7 Å². The molecular weight excluding hydrogens is 687 g/mol. The molecule has 2 aromatic rings. The maximum atomic E-state index is 14.5. The van der Waals surface area contributed by atoms with E-state index in [-0.39, 0.29) is 25.3 Å². The van der Waals surface area contributed by atoms with Crippen molar-refractivity contribution in [3.05, 3.63) is 54.6 Å². The zero-order valence-electron chi connectivity index (χ0n) is 30.2. The van der Waals surface area contributed by atoms with E-state index in [0.717, 1.165) is 18.2 Å². The molecule has 5 amide bonds. The first-order valence-electron chi connectivity index (χ1n) is 18.1. The van der Waals surface area contributed by atoms with Crippen molar-refractivity contribution in [2.24, 2.45) is 17.3 Å². The van der Waals surface area contributed by atoms with Gasteiger partial charge in [-0.3, -0.25) is 28.7 Å². The molecule has 1 heterocycles. The highest BCUT2D eigenvalue weighted by atomic mass is 32.2. The van der Waals surface area contributed by atoms with Crippen molar-refractivity contribution in [2.45, 2.75) is 102 Å². The molecule has 280 valence electrons. The molecule has 0 bridgehead atoms. The minimum atomic E-state index is -3.90. The van der Waals surface area contributed by atoms with Crippen molar-refractivity contribution in [2.75, 3.05) is 13.2 Å². The lowest BCUT2D eigenvalue weighted by molar-refractivity contribution is -0.144. The Kier molecular flexibility index (Phi) is 10.2. The van der Waals surface area contributed by atoms with Crippen LogP contribution >= 0.6 is 0 Å². The number of benzene rings is 2. The molecule has 1 saturated heterocycles. The van der Waals surface area contributed by atoms with Crippen molar-refractivity contribution < 1.29 is 37.1 Å². The normalized spacial score (nSPS) is 24.8. The van der Waals surface area contributed by atoms with Gasteiger partial charge in [-0.25, -0.2) is 8.42 Å². The van der Waals surface area contributed by atoms with E-state index in [1.165, 1.54) is 11.0 Å². The molecule has 3 aliphatic carbocycles. The number of carbonyl (C=O) groups is 5. The lowest BCUT2D eigenvalue weighted by Crippen LogP contribution is -2.60. The number of sulfonamides is 1. The fourth-order valence-corrected chi connectivity index (χ4v) is 8.45. The predicted molar refractivity (Wildman–Crippen MR) is 194 cm³/mol. The summed E-state index contributed by atoms with van der Waals surface area (Å²) >= 11 is 0. The molecule has 1 aliphatic heterocycles. The molecule has 14 heteroatoms. The van der Waals surface area contributed by atoms with E-state index in [4.69, 9.17) is 4.74 Å². The molecule has 2 aromatic carbocycles. The van der Waals surface area contributed by atoms with Crippen LogP contribution in [0.5, 0.6) is 5.75 Å². The van der Waals surface area contributed by atoms with Gasteiger partial charge in [0.25, 0.3) is 11.8 Å². The van der Waals surface area contributed by atoms with Gasteiger partial charge < -0.3 is 25.6 Å². The third-order valence-electron chi connectivity index (χ3n) is 10.5. The predicted octanol–water partition coefficient (Wildman–Crippen LogP) is 2.94. The molecule has 4 N–H and O–H groups in total. The van der Waals surface area contributed by atoms with E-state index in [1.807, 2.05) is 58.0 Å². The maximum Gasteiger partial charge on any atom is 0.259 e. The summed E-state index contributed by atoms with van der Waals surface area (Å²) in [7, 11) is -3.90. The Morgan fingerprint density at radius 3 is 2.38 bits per heavy atom. The van der Waals surface area contributed by atoms with Crippen LogP contribution < -0.4 is 25.4 Å². The Morgan fingerprint density at radius 2 is 1.77 bits per heavy atom. The van der Waals surface area contributed by atoms with Crippen LogP contribution in [0.1, 0.15) is 83.0 Å². The Labute approximate surface area is 304 Å². The highest BCUT2D eigenvalue weighted by Gasteiger charge is 2.62. The zero-order valence-corrected chi connectivity index (χ0v) is 31.0. The second kappa shape index (κ2) is 14.2. The minimum Gasteiger partial charge on any atom is -0.493 e. The largest absolute Gasteiger partial charge is 0.493 e. The molecule has 52 heavy (non-hydrogen) atoms. The van der Waals surface area contributed by atoms with Gasteiger partial charge in [-0.15, -0.1) is 6.58 Å². The quantitative estimate of drug-likeness (QED) is 0.214. The van der Waals surface area contributed by atoms with Gasteiger partial charge >= 0.3 is 0 Å². The first kappa shape index (κ1) is 37.3. The van der Waals surface area contributed by atoms with Crippen molar-refractivity contribution in [1.82, 2.24) is 25.6 Å². The molecule has 5 atom stereocenters. The zero-order chi connectivity index (χ0) is 37.6. The smallest absolute Gasteiger partial charge is 0.259 e. The Morgan fingerprint density at radius 1 is 1.06 bits per heavy atom. The standard InChI is InChI=1S/C38H49N5O8S/c1-6-24-20-38(24,36(48)42-52(49,50)26-15-16-26)41-33(45)28-19-25(21-43(28)35(47)32(37(3,4)5)40-30(44)18-22-12-13-22)39-34(46)31-27-11-9-8-10-23(27)14-17-29(31)51-7-2/h6,8-11,14,17,22,24-26,28,32H,1,7,12-13,15-16,18-21H2,2-5H3,(H,39,46)(H,40,44)(H,41,45)(H,42,48)/t24-,25+,28-,32+,38+/m0/s1. The first-order valence-corrected chi connectivity index (χ1v) is 19.7. The van der Waals surface area contributed by atoms with Crippen LogP contribution in [0.3, 0.4) is 0 Å². The number of nitrogens with zero attached hydrogens (tertiary/aromatic N) is 1. The first-order chi connectivity index (χ1) is 24.6. The monoisotopic (exact) mass is 735 g/mol. The van der Waals surface area contributed by atoms with Crippen LogP contribution in [0.2, 0.25) is 0 Å². The number of ether oxygens (including phenoxy) is 1. The molecule has 0 radical (unpaired) electrons. The summed E-state index contributed by atoms with van der Waals surface area (Å²) in [5.41, 5.74) is -1.98. The number of hydrogen-bond donors (Lipinski definition) is 4. The molecule has 6 rings (SSSR count). The van der Waals surface area contributed by atoms with Crippen molar-refractivity contribution >= 4 is 50.3 Å². The third-order valence-corrected chi connectivity index (χ3v) is 12.3. The molecule has 13 nitrogen and oxygen atoms in total. The Bertz CT molecular complexity index is 1900. The fourth-order valence-electron chi connectivity index (χ4n) is 7.09. The number of carbonyl (C=O) groups excluding carboxylic acids is 5. The van der Waals surface area contributed by atoms with Gasteiger partial charge in [0.1, 0.15) is 23.4 Å². The number of hydrogen-bond acceptors (Lipinski definition) is 8. The van der Waals surface area contributed by atoms with Crippen LogP contribution in [0.4, 0.5) is 0 Å². The molecular formula is C38H49N5O8S. The molecule has 4 fully saturated rings. The average molecular weight is 736 g/mol. The number of nitrogens with one attached hydrogen (secondary N) is 4. The summed E-state index contributed by atoms with van der Waals surface area (Å²) < 4.78 is 33.4. The maximum absolute atomic E-state index is 14.5. The lowest BCUT2D eigenvalue weighted by atomic mass is 9.85. The van der Waals surface area contributed by atoms with Crippen molar-refractivity contribution in [3.63, 3.8) is 0 Å². The van der Waals surface area contributed by atoms with E-state index in [0.29, 0.717) is 48.5 Å². The summed E-state index contributed by atoms with van der Waals surface area (Å²) in [4.78, 5) is 70.6. The fraction of sp³-hybridized carbons (Fsp3) is 0.553. The summed E-state index contributed by atoms with van der Waals surface area (Å²) in [6.07, 6.45) is 4.77. The number of amides is 5. The van der Waals surface area contributed by atoms with E-state index >= 15 is 0 Å². The molecule has 0 aromatic heterocycles. The third kappa shape index (κ3) is 7.81. The summed E-state index contributed by atoms with van der Waals surface area (Å²) in [5.74, 6) is -2.57. The van der Waals surface area contributed by atoms with E-state index in [2.05, 4.69) is 27.3 Å². The molecule has 3 saturated carbocycles. The summed E-state index contributed by atoms with van der Waals surface area (Å²) in [5, 5.41) is 9.59. The van der Waals surface area contributed by atoms with Gasteiger partial charge in [-0.2, -0.15) is 0 Å². The number of likely N-dealkylation sites (tertiary alicyclic amines) is 1. The van der Waals surface area contributed by atoms with Crippen LogP contribution in [-0.4, -0.2) is 84.9 Å². The summed E-state index contributed by atoms with van der Waals surface area (Å²) in [6, 6.07) is 8.17. The number of fused-ring (bicyclic) bond motifs is 1. The Balaban J connectivity index is 1.28. The average Bonchev–Trinajstić information content (AvgIpc) is 3.98. The van der Waals surface area contributed by atoms with E-state index in [9.17, 15) is 32.4 Å². The summed E-state index contributed by atoms with van der Waals surface area (Å²) in [6.45, 7) is 11.3. The minimum absolute atomic E-state index is 0.00174. The Hall–Kier alpha value is -4.46. The second-order valence-corrected chi connectivity index (χ2v) is 17.7. The van der Waals surface area contributed by atoms with Gasteiger partial charge in [0.15, 0.2) is 0 Å². The van der Waals surface area contributed by atoms with Crippen LogP contribution in [0.15, 0.2) is 49.1 Å².